The van der Waals surface area contributed by atoms with Crippen molar-refractivity contribution in [3.63, 3.8) is 0 Å². The van der Waals surface area contributed by atoms with Crippen LogP contribution in [-0.2, 0) is 0 Å². The largest absolute Gasteiger partial charge is 0.508 e. The fourth-order valence-corrected chi connectivity index (χ4v) is 1.73. The van der Waals surface area contributed by atoms with Crippen molar-refractivity contribution >= 4 is 0 Å². The average Bonchev–Trinajstić information content (AvgIpc) is 2.46. The molecule has 0 aliphatic heterocycles. The van der Waals surface area contributed by atoms with Crippen molar-refractivity contribution in [2.45, 2.75) is 25.0 Å². The molecule has 2 atom stereocenters. The summed E-state index contributed by atoms with van der Waals surface area (Å²) < 4.78 is 0. The maximum absolute atomic E-state index is 9.92. The van der Waals surface area contributed by atoms with Gasteiger partial charge in [0, 0.05) is 18.4 Å². The number of benzene rings is 1. The quantitative estimate of drug-likeness (QED) is 0.472. The van der Waals surface area contributed by atoms with Gasteiger partial charge in [0.2, 0.25) is 0 Å². The van der Waals surface area contributed by atoms with E-state index in [-0.39, 0.29) is 31.8 Å². The molecule has 0 radical (unpaired) electrons. The van der Waals surface area contributed by atoms with Crippen LogP contribution in [0.5, 0.6) is 5.75 Å². The van der Waals surface area contributed by atoms with Gasteiger partial charge in [-0.2, -0.15) is 0 Å². The first-order valence-electron chi connectivity index (χ1n) is 6.37. The van der Waals surface area contributed by atoms with Crippen LogP contribution in [0.1, 0.15) is 24.5 Å². The highest BCUT2D eigenvalue weighted by atomic mass is 16.3. The van der Waals surface area contributed by atoms with Crippen LogP contribution < -0.4 is 0 Å². The zero-order valence-corrected chi connectivity index (χ0v) is 11.1. The highest BCUT2D eigenvalue weighted by molar-refractivity contribution is 5.33. The lowest BCUT2D eigenvalue weighted by molar-refractivity contribution is 0.0930. The van der Waals surface area contributed by atoms with Crippen LogP contribution in [0, 0.1) is 0 Å². The number of hydrogen-bond acceptors (Lipinski definition) is 5. The maximum atomic E-state index is 9.92. The summed E-state index contributed by atoms with van der Waals surface area (Å²) in [6, 6.07) is 6.50. The van der Waals surface area contributed by atoms with Crippen molar-refractivity contribution < 1.29 is 25.5 Å². The Balaban J connectivity index is 2.68. The molecule has 0 aliphatic carbocycles. The van der Waals surface area contributed by atoms with E-state index in [0.717, 1.165) is 0 Å². The molecular weight excluding hydrogens is 260 g/mol. The molecule has 20 heavy (non-hydrogen) atoms. The summed E-state index contributed by atoms with van der Waals surface area (Å²) in [7, 11) is 0. The van der Waals surface area contributed by atoms with Gasteiger partial charge in [-0.05, 0) is 17.7 Å². The van der Waals surface area contributed by atoms with Crippen molar-refractivity contribution in [1.82, 2.24) is 0 Å². The minimum absolute atomic E-state index is 0.0236. The van der Waals surface area contributed by atoms with Gasteiger partial charge in [0.05, 0.1) is 25.4 Å². The van der Waals surface area contributed by atoms with Crippen molar-refractivity contribution in [2.75, 3.05) is 13.2 Å². The zero-order chi connectivity index (χ0) is 15.0. The van der Waals surface area contributed by atoms with Gasteiger partial charge in [0.25, 0.3) is 0 Å². The Morgan fingerprint density at radius 1 is 1.20 bits per heavy atom. The number of phenols is 1. The molecule has 0 aromatic heterocycles. The molecule has 0 bridgehead atoms. The average molecular weight is 280 g/mol. The van der Waals surface area contributed by atoms with E-state index in [1.807, 2.05) is 0 Å². The molecule has 5 heteroatoms. The molecule has 0 aliphatic rings. The number of aliphatic hydroxyl groups is 4. The van der Waals surface area contributed by atoms with E-state index in [1.54, 1.807) is 18.2 Å². The summed E-state index contributed by atoms with van der Waals surface area (Å²) in [6.07, 6.45) is 0.0757. The van der Waals surface area contributed by atoms with Crippen molar-refractivity contribution in [3.05, 3.63) is 47.2 Å². The van der Waals surface area contributed by atoms with E-state index in [0.29, 0.717) is 11.1 Å². The van der Waals surface area contributed by atoms with E-state index in [1.165, 1.54) is 12.1 Å². The SMILES string of the molecule is OCC(=C=CC[C@@H](O)c1ccccc1O)C[C@@H](O)CO. The molecule has 0 amide bonds. The molecule has 0 spiro atoms. The third kappa shape index (κ3) is 5.17. The molecule has 5 N–H and O–H groups in total. The second kappa shape index (κ2) is 8.53. The third-order valence-electron chi connectivity index (χ3n) is 2.83. The summed E-state index contributed by atoms with van der Waals surface area (Å²) in [5.74, 6) is 0.0236. The molecule has 0 fully saturated rings. The minimum atomic E-state index is -0.929. The fraction of sp³-hybridized carbons (Fsp3) is 0.400. The van der Waals surface area contributed by atoms with Crippen LogP contribution in [0.15, 0.2) is 41.6 Å². The number of para-hydroxylation sites is 1. The summed E-state index contributed by atoms with van der Waals surface area (Å²) in [6.45, 7) is -0.661. The Hall–Kier alpha value is -1.62. The van der Waals surface area contributed by atoms with Gasteiger partial charge in [-0.1, -0.05) is 18.2 Å². The molecule has 1 rings (SSSR count). The topological polar surface area (TPSA) is 101 Å². The number of rotatable bonds is 7. The molecule has 0 saturated heterocycles. The monoisotopic (exact) mass is 280 g/mol. The number of aliphatic hydroxyl groups excluding tert-OH is 4. The lowest BCUT2D eigenvalue weighted by atomic mass is 10.0. The second-order valence-electron chi connectivity index (χ2n) is 4.46. The molecule has 0 saturated carbocycles. The van der Waals surface area contributed by atoms with Crippen LogP contribution in [0.2, 0.25) is 0 Å². The first-order chi connectivity index (χ1) is 9.58. The van der Waals surface area contributed by atoms with Crippen LogP contribution in [-0.4, -0.2) is 44.9 Å². The van der Waals surface area contributed by atoms with E-state index >= 15 is 0 Å². The van der Waals surface area contributed by atoms with Gasteiger partial charge in [0.15, 0.2) is 0 Å². The first kappa shape index (κ1) is 16.4. The molecule has 0 unspecified atom stereocenters. The normalized spacial score (nSPS) is 13.4. The molecular formula is C15H20O5. The summed E-state index contributed by atoms with van der Waals surface area (Å²) in [5, 5.41) is 46.6. The highest BCUT2D eigenvalue weighted by Gasteiger charge is 2.09. The molecule has 1 aromatic rings. The predicted octanol–water partition coefficient (Wildman–Crippen LogP) is 0.633. The maximum Gasteiger partial charge on any atom is 0.121 e. The molecule has 110 valence electrons. The van der Waals surface area contributed by atoms with E-state index in [2.05, 4.69) is 5.73 Å². The van der Waals surface area contributed by atoms with Crippen LogP contribution in [0.25, 0.3) is 0 Å². The summed E-state index contributed by atoms with van der Waals surface area (Å²) in [4.78, 5) is 0. The molecule has 5 nitrogen and oxygen atoms in total. The number of hydrogen-bond donors (Lipinski definition) is 5. The van der Waals surface area contributed by atoms with Gasteiger partial charge in [-0.3, -0.25) is 0 Å². The summed E-state index contributed by atoms with van der Waals surface area (Å²) >= 11 is 0. The highest BCUT2D eigenvalue weighted by Crippen LogP contribution is 2.25. The van der Waals surface area contributed by atoms with Crippen molar-refractivity contribution in [1.29, 1.82) is 0 Å². The smallest absolute Gasteiger partial charge is 0.121 e. The Bertz CT molecular complexity index is 477. The van der Waals surface area contributed by atoms with Crippen LogP contribution in [0.3, 0.4) is 0 Å². The molecule has 0 heterocycles. The zero-order valence-electron chi connectivity index (χ0n) is 11.1. The van der Waals surface area contributed by atoms with E-state index in [4.69, 9.17) is 10.2 Å². The Morgan fingerprint density at radius 2 is 1.90 bits per heavy atom. The number of phenolic OH excluding ortho intramolecular Hbond substituents is 1. The fourth-order valence-electron chi connectivity index (χ4n) is 1.73. The van der Waals surface area contributed by atoms with Crippen LogP contribution >= 0.6 is 0 Å². The van der Waals surface area contributed by atoms with E-state index in [9.17, 15) is 15.3 Å². The lowest BCUT2D eigenvalue weighted by Gasteiger charge is -2.09. The predicted molar refractivity (Wildman–Crippen MR) is 74.1 cm³/mol. The minimum Gasteiger partial charge on any atom is -0.508 e. The second-order valence-corrected chi connectivity index (χ2v) is 4.46. The Labute approximate surface area is 117 Å². The van der Waals surface area contributed by atoms with Gasteiger partial charge in [-0.15, -0.1) is 5.73 Å². The van der Waals surface area contributed by atoms with Crippen LogP contribution in [0.4, 0.5) is 0 Å². The first-order valence-corrected chi connectivity index (χ1v) is 6.37. The molecule has 1 aromatic carbocycles. The van der Waals surface area contributed by atoms with Gasteiger partial charge < -0.3 is 25.5 Å². The van der Waals surface area contributed by atoms with Crippen molar-refractivity contribution in [2.24, 2.45) is 0 Å². The third-order valence-corrected chi connectivity index (χ3v) is 2.83. The lowest BCUT2D eigenvalue weighted by Crippen LogP contribution is -2.13. The number of aromatic hydroxyl groups is 1. The summed E-state index contributed by atoms with van der Waals surface area (Å²) in [5.41, 5.74) is 3.65. The van der Waals surface area contributed by atoms with Gasteiger partial charge in [-0.25, -0.2) is 0 Å². The Morgan fingerprint density at radius 3 is 2.50 bits per heavy atom. The Kier molecular flexibility index (Phi) is 7.01. The van der Waals surface area contributed by atoms with Gasteiger partial charge in [0.1, 0.15) is 5.75 Å². The van der Waals surface area contributed by atoms with Crippen molar-refractivity contribution in [3.8, 4) is 5.75 Å². The standard InChI is InChI=1S/C15H20O5/c16-9-11(8-12(18)10-17)4-3-7-15(20)13-5-1-2-6-14(13)19/h1-3,5-6,12,15-20H,7-10H2/t4?,12-,15-/m1/s1. The van der Waals surface area contributed by atoms with Gasteiger partial charge >= 0.3 is 0 Å². The van der Waals surface area contributed by atoms with E-state index < -0.39 is 12.2 Å².